The van der Waals surface area contributed by atoms with Gasteiger partial charge in [0.05, 0.1) is 11.4 Å². The smallest absolute Gasteiger partial charge is 0.159 e. The van der Waals surface area contributed by atoms with Crippen LogP contribution < -0.4 is 4.90 Å². The summed E-state index contributed by atoms with van der Waals surface area (Å²) >= 11 is 0. The molecule has 1 aliphatic rings. The minimum absolute atomic E-state index is 0.535. The molecular formula is C44H33NO. The number of nitrogens with zero attached hydrogens (tertiary/aromatic N) is 1. The summed E-state index contributed by atoms with van der Waals surface area (Å²) in [5.74, 6) is 0.535. The molecule has 9 aromatic rings. The first kappa shape index (κ1) is 25.9. The van der Waals surface area contributed by atoms with Crippen molar-refractivity contribution in [3.05, 3.63) is 139 Å². The Kier molecular flexibility index (Phi) is 5.69. The second kappa shape index (κ2) is 10.1. The maximum atomic E-state index is 7.18. The lowest BCUT2D eigenvalue weighted by Crippen LogP contribution is -2.10. The molecule has 0 saturated heterocycles. The fraction of sp³-hybridized carbons (Fsp3) is 0.136. The summed E-state index contributed by atoms with van der Waals surface area (Å²) in [4.78, 5) is 2.42. The molecule has 2 heteroatoms. The molecule has 1 aliphatic carbocycles. The molecule has 1 fully saturated rings. The summed E-state index contributed by atoms with van der Waals surface area (Å²) in [5, 5.41) is 12.7. The number of anilines is 3. The van der Waals surface area contributed by atoms with E-state index in [0.29, 0.717) is 5.92 Å². The fourth-order valence-corrected chi connectivity index (χ4v) is 8.45. The minimum atomic E-state index is 0.535. The van der Waals surface area contributed by atoms with Crippen molar-refractivity contribution in [2.45, 2.75) is 38.0 Å². The maximum Gasteiger partial charge on any atom is 0.159 e. The highest BCUT2D eigenvalue weighted by Crippen LogP contribution is 2.49. The Bertz CT molecular complexity index is 2560. The monoisotopic (exact) mass is 591 g/mol. The normalized spacial score (nSPS) is 14.4. The van der Waals surface area contributed by atoms with Crippen LogP contribution in [0.1, 0.15) is 43.6 Å². The van der Waals surface area contributed by atoms with Crippen molar-refractivity contribution in [1.82, 2.24) is 0 Å². The maximum absolute atomic E-state index is 7.18. The average molecular weight is 592 g/mol. The number of furan rings is 1. The van der Waals surface area contributed by atoms with E-state index >= 15 is 0 Å². The summed E-state index contributed by atoms with van der Waals surface area (Å²) in [5.41, 5.74) is 6.72. The van der Waals surface area contributed by atoms with Crippen molar-refractivity contribution in [1.29, 1.82) is 0 Å². The zero-order chi connectivity index (χ0) is 30.2. The molecule has 46 heavy (non-hydrogen) atoms. The van der Waals surface area contributed by atoms with E-state index in [1.807, 2.05) is 0 Å². The molecule has 1 aromatic heterocycles. The van der Waals surface area contributed by atoms with Gasteiger partial charge in [0.1, 0.15) is 5.58 Å². The molecule has 0 amide bonds. The summed E-state index contributed by atoms with van der Waals surface area (Å²) in [6.07, 6.45) is 6.39. The van der Waals surface area contributed by atoms with E-state index in [9.17, 15) is 0 Å². The molecule has 10 rings (SSSR count). The third-order valence-corrected chi connectivity index (χ3v) is 10.5. The fourth-order valence-electron chi connectivity index (χ4n) is 8.45. The van der Waals surface area contributed by atoms with Crippen LogP contribution in [0.3, 0.4) is 0 Å². The lowest BCUT2D eigenvalue weighted by Gasteiger charge is -2.27. The third kappa shape index (κ3) is 3.77. The zero-order valence-electron chi connectivity index (χ0n) is 25.7. The molecule has 0 spiro atoms. The predicted octanol–water partition coefficient (Wildman–Crippen LogP) is 13.2. The second-order valence-corrected chi connectivity index (χ2v) is 13.1. The highest BCUT2D eigenvalue weighted by Gasteiger charge is 2.26. The van der Waals surface area contributed by atoms with E-state index in [1.54, 1.807) is 0 Å². The molecule has 0 radical (unpaired) electrons. The van der Waals surface area contributed by atoms with Crippen LogP contribution in [-0.4, -0.2) is 0 Å². The zero-order valence-corrected chi connectivity index (χ0v) is 25.7. The Morgan fingerprint density at radius 3 is 1.98 bits per heavy atom. The van der Waals surface area contributed by atoms with Crippen LogP contribution in [0.5, 0.6) is 0 Å². The topological polar surface area (TPSA) is 16.4 Å². The van der Waals surface area contributed by atoms with Crippen LogP contribution in [0.25, 0.3) is 65.0 Å². The van der Waals surface area contributed by atoms with Crippen LogP contribution in [0.2, 0.25) is 0 Å². The number of fused-ring (bicyclic) bond motifs is 5. The van der Waals surface area contributed by atoms with Gasteiger partial charge in [-0.3, -0.25) is 0 Å². The van der Waals surface area contributed by atoms with Gasteiger partial charge in [0.2, 0.25) is 0 Å². The lowest BCUT2D eigenvalue weighted by molar-refractivity contribution is 0.442. The molecule has 0 bridgehead atoms. The molecule has 0 unspecified atom stereocenters. The summed E-state index contributed by atoms with van der Waals surface area (Å²) in [6.45, 7) is 0. The van der Waals surface area contributed by atoms with Gasteiger partial charge in [0.25, 0.3) is 0 Å². The first-order chi connectivity index (χ1) is 22.8. The van der Waals surface area contributed by atoms with Gasteiger partial charge in [-0.15, -0.1) is 0 Å². The third-order valence-electron chi connectivity index (χ3n) is 10.5. The van der Waals surface area contributed by atoms with Crippen LogP contribution in [0.15, 0.2) is 138 Å². The Hall–Kier alpha value is -5.34. The van der Waals surface area contributed by atoms with E-state index in [2.05, 4.69) is 138 Å². The number of para-hydroxylation sites is 2. The van der Waals surface area contributed by atoms with Crippen molar-refractivity contribution < 1.29 is 4.42 Å². The van der Waals surface area contributed by atoms with Gasteiger partial charge >= 0.3 is 0 Å². The molecule has 0 aliphatic heterocycles. The first-order valence-corrected chi connectivity index (χ1v) is 16.7. The summed E-state index contributed by atoms with van der Waals surface area (Å²) < 4.78 is 7.18. The Morgan fingerprint density at radius 1 is 0.457 bits per heavy atom. The largest absolute Gasteiger partial charge is 0.454 e. The number of benzene rings is 8. The van der Waals surface area contributed by atoms with Crippen LogP contribution in [0.4, 0.5) is 17.1 Å². The quantitative estimate of drug-likeness (QED) is 0.189. The van der Waals surface area contributed by atoms with Crippen molar-refractivity contribution in [3.63, 3.8) is 0 Å². The van der Waals surface area contributed by atoms with E-state index in [1.165, 1.54) is 91.5 Å². The van der Waals surface area contributed by atoms with E-state index < -0.39 is 0 Å². The van der Waals surface area contributed by atoms with Crippen LogP contribution in [0, 0.1) is 0 Å². The second-order valence-electron chi connectivity index (χ2n) is 13.1. The van der Waals surface area contributed by atoms with Gasteiger partial charge < -0.3 is 9.32 Å². The highest BCUT2D eigenvalue weighted by molar-refractivity contribution is 6.27. The Balaban J connectivity index is 1.30. The summed E-state index contributed by atoms with van der Waals surface area (Å²) in [7, 11) is 0. The van der Waals surface area contributed by atoms with Gasteiger partial charge in [-0.1, -0.05) is 122 Å². The molecular weight excluding hydrogens is 558 g/mol. The molecule has 0 atom stereocenters. The van der Waals surface area contributed by atoms with Crippen molar-refractivity contribution >= 4 is 82.1 Å². The molecule has 8 aromatic carbocycles. The van der Waals surface area contributed by atoms with E-state index in [-0.39, 0.29) is 0 Å². The van der Waals surface area contributed by atoms with Crippen molar-refractivity contribution in [2.24, 2.45) is 0 Å². The van der Waals surface area contributed by atoms with E-state index in [4.69, 9.17) is 4.42 Å². The highest BCUT2D eigenvalue weighted by atomic mass is 16.3. The SMILES string of the molecule is c1ccc(N(c2ccc3ccc4cccc5ccc2c3c45)c2cccc3c2oc2c(C4CCCCC4)cc4ccccc4c23)cc1. The Morgan fingerprint density at radius 2 is 1.13 bits per heavy atom. The Labute approximate surface area is 267 Å². The van der Waals surface area contributed by atoms with E-state index in [0.717, 1.165) is 28.2 Å². The molecule has 220 valence electrons. The molecule has 0 N–H and O–H groups in total. The van der Waals surface area contributed by atoms with Gasteiger partial charge in [-0.25, -0.2) is 0 Å². The molecule has 2 nitrogen and oxygen atoms in total. The molecule has 1 saturated carbocycles. The predicted molar refractivity (Wildman–Crippen MR) is 195 cm³/mol. The minimum Gasteiger partial charge on any atom is -0.454 e. The van der Waals surface area contributed by atoms with Crippen molar-refractivity contribution in [2.75, 3.05) is 4.90 Å². The van der Waals surface area contributed by atoms with Gasteiger partial charge in [-0.2, -0.15) is 0 Å². The number of rotatable bonds is 4. The van der Waals surface area contributed by atoms with Gasteiger partial charge in [-0.05, 0) is 92.4 Å². The first-order valence-electron chi connectivity index (χ1n) is 16.7. The summed E-state index contributed by atoms with van der Waals surface area (Å²) in [6, 6.07) is 49.0. The van der Waals surface area contributed by atoms with Gasteiger partial charge in [0.15, 0.2) is 5.58 Å². The number of hydrogen-bond donors (Lipinski definition) is 0. The van der Waals surface area contributed by atoms with Crippen LogP contribution >= 0.6 is 0 Å². The average Bonchev–Trinajstić information content (AvgIpc) is 3.53. The van der Waals surface area contributed by atoms with Gasteiger partial charge in [0, 0.05) is 21.8 Å². The van der Waals surface area contributed by atoms with Crippen molar-refractivity contribution in [3.8, 4) is 0 Å². The molecule has 1 heterocycles. The standard InChI is InChI=1S/C44H33NO/c1-3-11-28(12-4-1)37-27-32-13-7-8-18-34(32)42-36-19-10-20-39(43(36)46-44(37)42)45(33-16-5-2-6-17-33)38-26-24-31-22-21-29-14-9-15-30-23-25-35(38)41(31)40(29)30/h2,5-10,13-28H,1,3-4,11-12H2. The lowest BCUT2D eigenvalue weighted by atomic mass is 9.82. The van der Waals surface area contributed by atoms with Crippen LogP contribution in [-0.2, 0) is 0 Å². The number of hydrogen-bond acceptors (Lipinski definition) is 2.